The molecular weight excluding hydrogens is 422 g/mol. The molecule has 2 rings (SSSR count). The minimum Gasteiger partial charge on any atom is -0.326 e. The molecule has 0 heterocycles. The van der Waals surface area contributed by atoms with Gasteiger partial charge < -0.3 is 10.6 Å². The van der Waals surface area contributed by atoms with Crippen molar-refractivity contribution in [1.29, 1.82) is 0 Å². The lowest BCUT2D eigenvalue weighted by Crippen LogP contribution is -2.27. The second-order valence-electron chi connectivity index (χ2n) is 5.41. The van der Waals surface area contributed by atoms with Gasteiger partial charge in [-0.25, -0.2) is 13.1 Å². The van der Waals surface area contributed by atoms with E-state index >= 15 is 0 Å². The van der Waals surface area contributed by atoms with Crippen LogP contribution in [-0.4, -0.2) is 26.8 Å². The summed E-state index contributed by atoms with van der Waals surface area (Å²) in [6, 6.07) is 12.9. The largest absolute Gasteiger partial charge is 0.326 e. The molecule has 2 aromatic carbocycles. The Morgan fingerprint density at radius 3 is 2.31 bits per heavy atom. The van der Waals surface area contributed by atoms with Gasteiger partial charge >= 0.3 is 0 Å². The minimum atomic E-state index is -3.73. The van der Waals surface area contributed by atoms with Crippen LogP contribution in [0.1, 0.15) is 13.3 Å². The summed E-state index contributed by atoms with van der Waals surface area (Å²) >= 11 is 3.31. The zero-order valence-electron chi connectivity index (χ0n) is 14.0. The highest BCUT2D eigenvalue weighted by Gasteiger charge is 2.14. The van der Waals surface area contributed by atoms with E-state index in [2.05, 4.69) is 31.3 Å². The van der Waals surface area contributed by atoms with Crippen molar-refractivity contribution < 1.29 is 18.0 Å². The molecule has 0 atom stereocenters. The number of rotatable bonds is 7. The summed E-state index contributed by atoms with van der Waals surface area (Å²) in [5, 5.41) is 5.25. The van der Waals surface area contributed by atoms with Crippen LogP contribution in [0.3, 0.4) is 0 Å². The maximum Gasteiger partial charge on any atom is 0.240 e. The highest BCUT2D eigenvalue weighted by atomic mass is 79.9. The minimum absolute atomic E-state index is 0.00425. The first kappa shape index (κ1) is 20.1. The quantitative estimate of drug-likeness (QED) is 0.616. The Morgan fingerprint density at radius 2 is 1.69 bits per heavy atom. The second-order valence-corrected chi connectivity index (χ2v) is 8.09. The van der Waals surface area contributed by atoms with Gasteiger partial charge in [0, 0.05) is 35.7 Å². The van der Waals surface area contributed by atoms with Gasteiger partial charge in [0.05, 0.1) is 4.90 Å². The van der Waals surface area contributed by atoms with Gasteiger partial charge in [0.2, 0.25) is 21.8 Å². The van der Waals surface area contributed by atoms with E-state index in [4.69, 9.17) is 0 Å². The van der Waals surface area contributed by atoms with E-state index in [9.17, 15) is 18.0 Å². The molecule has 0 spiro atoms. The molecule has 0 fully saturated rings. The van der Waals surface area contributed by atoms with Crippen LogP contribution in [0.2, 0.25) is 0 Å². The van der Waals surface area contributed by atoms with Crippen molar-refractivity contribution in [1.82, 2.24) is 4.72 Å². The fraction of sp³-hybridized carbons (Fsp3) is 0.176. The highest BCUT2D eigenvalue weighted by Crippen LogP contribution is 2.16. The normalized spacial score (nSPS) is 11.0. The van der Waals surface area contributed by atoms with E-state index in [0.29, 0.717) is 11.4 Å². The summed E-state index contributed by atoms with van der Waals surface area (Å²) in [5.41, 5.74) is 1.13. The number of amides is 2. The van der Waals surface area contributed by atoms with Gasteiger partial charge in [-0.3, -0.25) is 9.59 Å². The molecule has 0 aliphatic carbocycles. The van der Waals surface area contributed by atoms with E-state index < -0.39 is 10.0 Å². The zero-order chi connectivity index (χ0) is 19.2. The molecule has 0 saturated heterocycles. The van der Waals surface area contributed by atoms with Gasteiger partial charge in [-0.15, -0.1) is 0 Å². The summed E-state index contributed by atoms with van der Waals surface area (Å²) in [5.74, 6) is -0.540. The average molecular weight is 440 g/mol. The maximum atomic E-state index is 12.2. The van der Waals surface area contributed by atoms with Crippen LogP contribution in [0.5, 0.6) is 0 Å². The van der Waals surface area contributed by atoms with Crippen LogP contribution in [0.25, 0.3) is 0 Å². The topological polar surface area (TPSA) is 104 Å². The first-order valence-electron chi connectivity index (χ1n) is 7.69. The molecule has 7 nitrogen and oxygen atoms in total. The number of carbonyl (C=O) groups excluding carboxylic acids is 2. The standard InChI is InChI=1S/C17H18BrN3O4S/c1-12(22)20-14-5-7-16(8-6-14)26(24,25)19-10-9-17(23)21-15-4-2-3-13(18)11-15/h2-8,11,19H,9-10H2,1H3,(H,20,22)(H,21,23). The predicted octanol–water partition coefficient (Wildman–Crippen LogP) is 2.71. The van der Waals surface area contributed by atoms with Crippen LogP contribution in [0.4, 0.5) is 11.4 Å². The van der Waals surface area contributed by atoms with Crippen molar-refractivity contribution in [3.8, 4) is 0 Å². The van der Waals surface area contributed by atoms with Crippen LogP contribution in [-0.2, 0) is 19.6 Å². The monoisotopic (exact) mass is 439 g/mol. The van der Waals surface area contributed by atoms with Crippen LogP contribution in [0.15, 0.2) is 57.9 Å². The lowest BCUT2D eigenvalue weighted by Gasteiger charge is -2.09. The van der Waals surface area contributed by atoms with Crippen molar-refractivity contribution in [2.45, 2.75) is 18.2 Å². The fourth-order valence-corrected chi connectivity index (χ4v) is 3.52. The van der Waals surface area contributed by atoms with E-state index in [0.717, 1.165) is 4.47 Å². The first-order valence-corrected chi connectivity index (χ1v) is 9.96. The third kappa shape index (κ3) is 6.25. The van der Waals surface area contributed by atoms with Crippen molar-refractivity contribution in [2.24, 2.45) is 0 Å². The zero-order valence-corrected chi connectivity index (χ0v) is 16.4. The molecule has 0 aliphatic heterocycles. The number of halogens is 1. The van der Waals surface area contributed by atoms with Gasteiger partial charge in [-0.2, -0.15) is 0 Å². The molecule has 0 radical (unpaired) electrons. The lowest BCUT2D eigenvalue weighted by molar-refractivity contribution is -0.116. The van der Waals surface area contributed by atoms with Gasteiger partial charge in [-0.05, 0) is 42.5 Å². The Kier molecular flexibility index (Phi) is 6.90. The molecular formula is C17H18BrN3O4S. The smallest absolute Gasteiger partial charge is 0.240 e. The predicted molar refractivity (Wildman–Crippen MR) is 103 cm³/mol. The highest BCUT2D eigenvalue weighted by molar-refractivity contribution is 9.10. The van der Waals surface area contributed by atoms with Gasteiger partial charge in [0.25, 0.3) is 0 Å². The van der Waals surface area contributed by atoms with Crippen molar-refractivity contribution in [3.05, 3.63) is 53.0 Å². The third-order valence-corrected chi connectivity index (χ3v) is 5.21. The van der Waals surface area contributed by atoms with Crippen LogP contribution in [0, 0.1) is 0 Å². The number of sulfonamides is 1. The Bertz CT molecular complexity index is 898. The summed E-state index contributed by atoms with van der Waals surface area (Å²) in [7, 11) is -3.73. The van der Waals surface area contributed by atoms with Crippen molar-refractivity contribution >= 4 is 49.1 Å². The average Bonchev–Trinajstić information content (AvgIpc) is 2.54. The molecule has 0 bridgehead atoms. The van der Waals surface area contributed by atoms with E-state index in [1.807, 2.05) is 6.07 Å². The number of hydrogen-bond donors (Lipinski definition) is 3. The maximum absolute atomic E-state index is 12.2. The number of benzene rings is 2. The Hall–Kier alpha value is -2.23. The van der Waals surface area contributed by atoms with Crippen molar-refractivity contribution in [2.75, 3.05) is 17.2 Å². The number of hydrogen-bond acceptors (Lipinski definition) is 4. The molecule has 138 valence electrons. The van der Waals surface area contributed by atoms with Crippen LogP contribution >= 0.6 is 15.9 Å². The second kappa shape index (κ2) is 8.93. The van der Waals surface area contributed by atoms with Gasteiger partial charge in [0.1, 0.15) is 0 Å². The summed E-state index contributed by atoms with van der Waals surface area (Å²) in [6.45, 7) is 1.33. The van der Waals surface area contributed by atoms with Gasteiger partial charge in [-0.1, -0.05) is 22.0 Å². The number of anilines is 2. The molecule has 0 aromatic heterocycles. The third-order valence-electron chi connectivity index (χ3n) is 3.24. The lowest BCUT2D eigenvalue weighted by atomic mass is 10.3. The molecule has 26 heavy (non-hydrogen) atoms. The molecule has 2 amide bonds. The molecule has 2 aromatic rings. The molecule has 0 saturated carbocycles. The van der Waals surface area contributed by atoms with E-state index in [-0.39, 0.29) is 29.7 Å². The van der Waals surface area contributed by atoms with E-state index in [1.165, 1.54) is 31.2 Å². The van der Waals surface area contributed by atoms with Crippen LogP contribution < -0.4 is 15.4 Å². The molecule has 3 N–H and O–H groups in total. The van der Waals surface area contributed by atoms with E-state index in [1.54, 1.807) is 18.2 Å². The first-order chi connectivity index (χ1) is 12.3. The fourth-order valence-electron chi connectivity index (χ4n) is 2.09. The number of nitrogens with one attached hydrogen (secondary N) is 3. The number of carbonyl (C=O) groups is 2. The molecule has 9 heteroatoms. The molecule has 0 unspecified atom stereocenters. The summed E-state index contributed by atoms with van der Waals surface area (Å²) < 4.78 is 27.6. The van der Waals surface area contributed by atoms with Crippen molar-refractivity contribution in [3.63, 3.8) is 0 Å². The SMILES string of the molecule is CC(=O)Nc1ccc(S(=O)(=O)NCCC(=O)Nc2cccc(Br)c2)cc1. The van der Waals surface area contributed by atoms with Gasteiger partial charge in [0.15, 0.2) is 0 Å². The Balaban J connectivity index is 1.87. The Labute approximate surface area is 160 Å². The Morgan fingerprint density at radius 1 is 1.00 bits per heavy atom. The molecule has 0 aliphatic rings. The summed E-state index contributed by atoms with van der Waals surface area (Å²) in [4.78, 5) is 22.9. The summed E-state index contributed by atoms with van der Waals surface area (Å²) in [6.07, 6.45) is -0.00425.